The lowest BCUT2D eigenvalue weighted by Gasteiger charge is -2.10. The molecule has 3 rings (SSSR count). The van der Waals surface area contributed by atoms with E-state index in [9.17, 15) is 9.18 Å². The highest BCUT2D eigenvalue weighted by Crippen LogP contribution is 2.20. The molecular formula is C14H16FN5O. The molecule has 1 aliphatic carbocycles. The first-order valence-electron chi connectivity index (χ1n) is 6.94. The number of halogens is 1. The lowest BCUT2D eigenvalue weighted by molar-refractivity contribution is 0.0933. The van der Waals surface area contributed by atoms with E-state index < -0.39 is 5.82 Å². The minimum absolute atomic E-state index is 0.0325. The van der Waals surface area contributed by atoms with Gasteiger partial charge in [0.1, 0.15) is 11.5 Å². The third-order valence-corrected chi connectivity index (χ3v) is 3.69. The van der Waals surface area contributed by atoms with Gasteiger partial charge in [-0.25, -0.2) is 4.39 Å². The van der Waals surface area contributed by atoms with Gasteiger partial charge in [0.25, 0.3) is 5.91 Å². The number of hydrogen-bond acceptors (Lipinski definition) is 4. The molecule has 1 heterocycles. The Morgan fingerprint density at radius 3 is 2.76 bits per heavy atom. The van der Waals surface area contributed by atoms with Crippen LogP contribution in [0.4, 0.5) is 10.2 Å². The fraction of sp³-hybridized carbons (Fsp3) is 0.357. The van der Waals surface area contributed by atoms with E-state index >= 15 is 0 Å². The van der Waals surface area contributed by atoms with E-state index in [4.69, 9.17) is 5.73 Å². The SMILES string of the molecule is Nc1c(C(=O)NC2CCCC2)nnn1-c1ccccc1F. The second kappa shape index (κ2) is 5.51. The second-order valence-corrected chi connectivity index (χ2v) is 5.14. The summed E-state index contributed by atoms with van der Waals surface area (Å²) in [6, 6.07) is 6.22. The third-order valence-electron chi connectivity index (χ3n) is 3.69. The predicted octanol–water partition coefficient (Wildman–Crippen LogP) is 1.66. The molecular weight excluding hydrogens is 273 g/mol. The topological polar surface area (TPSA) is 85.8 Å². The number of benzene rings is 1. The van der Waals surface area contributed by atoms with Crippen LogP contribution in [0.3, 0.4) is 0 Å². The number of para-hydroxylation sites is 1. The highest BCUT2D eigenvalue weighted by atomic mass is 19.1. The Balaban J connectivity index is 1.85. The van der Waals surface area contributed by atoms with Gasteiger partial charge in [0, 0.05) is 6.04 Å². The summed E-state index contributed by atoms with van der Waals surface area (Å²) < 4.78 is 14.9. The molecule has 1 fully saturated rings. The van der Waals surface area contributed by atoms with Gasteiger partial charge < -0.3 is 11.1 Å². The Labute approximate surface area is 121 Å². The maximum atomic E-state index is 13.7. The van der Waals surface area contributed by atoms with Crippen LogP contribution in [0.2, 0.25) is 0 Å². The van der Waals surface area contributed by atoms with Crippen molar-refractivity contribution in [1.82, 2.24) is 20.3 Å². The van der Waals surface area contributed by atoms with Gasteiger partial charge in [-0.15, -0.1) is 5.10 Å². The van der Waals surface area contributed by atoms with Crippen molar-refractivity contribution in [2.24, 2.45) is 0 Å². The van der Waals surface area contributed by atoms with Crippen molar-refractivity contribution in [2.75, 3.05) is 5.73 Å². The van der Waals surface area contributed by atoms with Crippen LogP contribution in [0.5, 0.6) is 0 Å². The third kappa shape index (κ3) is 2.58. The monoisotopic (exact) mass is 289 g/mol. The van der Waals surface area contributed by atoms with E-state index in [0.717, 1.165) is 30.4 Å². The summed E-state index contributed by atoms with van der Waals surface area (Å²) in [6.07, 6.45) is 4.16. The van der Waals surface area contributed by atoms with E-state index in [1.54, 1.807) is 12.1 Å². The number of nitrogen functional groups attached to an aromatic ring is 1. The van der Waals surface area contributed by atoms with Gasteiger partial charge in [0.05, 0.1) is 0 Å². The van der Waals surface area contributed by atoms with Crippen LogP contribution in [0.15, 0.2) is 24.3 Å². The molecule has 0 unspecified atom stereocenters. The molecule has 1 aromatic carbocycles. The first kappa shape index (κ1) is 13.5. The van der Waals surface area contributed by atoms with Crippen LogP contribution in [0.1, 0.15) is 36.2 Å². The lowest BCUT2D eigenvalue weighted by atomic mass is 10.2. The van der Waals surface area contributed by atoms with Gasteiger partial charge in [-0.3, -0.25) is 4.79 Å². The molecule has 1 aliphatic rings. The molecule has 0 saturated heterocycles. The minimum Gasteiger partial charge on any atom is -0.382 e. The smallest absolute Gasteiger partial charge is 0.275 e. The zero-order valence-corrected chi connectivity index (χ0v) is 11.4. The number of anilines is 1. The molecule has 1 amide bonds. The molecule has 1 aromatic heterocycles. The van der Waals surface area contributed by atoms with Gasteiger partial charge in [0.15, 0.2) is 11.5 Å². The molecule has 0 radical (unpaired) electrons. The number of aromatic nitrogens is 3. The van der Waals surface area contributed by atoms with Crippen LogP contribution >= 0.6 is 0 Å². The number of rotatable bonds is 3. The van der Waals surface area contributed by atoms with Crippen molar-refractivity contribution in [1.29, 1.82) is 0 Å². The molecule has 110 valence electrons. The standard InChI is InChI=1S/C14H16FN5O/c15-10-7-3-4-8-11(10)20-13(16)12(18-19-20)14(21)17-9-5-1-2-6-9/h3-4,7-9H,1-2,5-6,16H2,(H,17,21). The van der Waals surface area contributed by atoms with Gasteiger partial charge in [-0.1, -0.05) is 30.2 Å². The van der Waals surface area contributed by atoms with E-state index in [-0.39, 0.29) is 29.1 Å². The fourth-order valence-corrected chi connectivity index (χ4v) is 2.58. The second-order valence-electron chi connectivity index (χ2n) is 5.14. The van der Waals surface area contributed by atoms with Crippen molar-refractivity contribution in [3.8, 4) is 5.69 Å². The van der Waals surface area contributed by atoms with E-state index in [1.165, 1.54) is 12.1 Å². The molecule has 3 N–H and O–H groups in total. The van der Waals surface area contributed by atoms with Crippen LogP contribution in [0.25, 0.3) is 5.69 Å². The summed E-state index contributed by atoms with van der Waals surface area (Å²) in [6.45, 7) is 0. The Morgan fingerprint density at radius 2 is 2.05 bits per heavy atom. The van der Waals surface area contributed by atoms with Crippen molar-refractivity contribution >= 4 is 11.7 Å². The zero-order valence-electron chi connectivity index (χ0n) is 11.4. The number of carbonyl (C=O) groups excluding carboxylic acids is 1. The first-order chi connectivity index (χ1) is 10.2. The summed E-state index contributed by atoms with van der Waals surface area (Å²) in [7, 11) is 0. The summed E-state index contributed by atoms with van der Waals surface area (Å²) in [4.78, 5) is 12.2. The molecule has 0 atom stereocenters. The number of hydrogen-bond donors (Lipinski definition) is 2. The van der Waals surface area contributed by atoms with Crippen molar-refractivity contribution < 1.29 is 9.18 Å². The lowest BCUT2D eigenvalue weighted by Crippen LogP contribution is -2.33. The van der Waals surface area contributed by atoms with Gasteiger partial charge >= 0.3 is 0 Å². The van der Waals surface area contributed by atoms with Crippen LogP contribution in [0, 0.1) is 5.82 Å². The molecule has 1 saturated carbocycles. The predicted molar refractivity (Wildman–Crippen MR) is 75.5 cm³/mol. The van der Waals surface area contributed by atoms with Crippen LogP contribution in [-0.4, -0.2) is 26.9 Å². The maximum Gasteiger partial charge on any atom is 0.275 e. The zero-order chi connectivity index (χ0) is 14.8. The normalized spacial score (nSPS) is 15.3. The maximum absolute atomic E-state index is 13.7. The highest BCUT2D eigenvalue weighted by molar-refractivity contribution is 5.96. The van der Waals surface area contributed by atoms with Crippen molar-refractivity contribution in [2.45, 2.75) is 31.7 Å². The summed E-state index contributed by atoms with van der Waals surface area (Å²) in [5, 5.41) is 10.5. The van der Waals surface area contributed by atoms with Gasteiger partial charge in [-0.05, 0) is 25.0 Å². The highest BCUT2D eigenvalue weighted by Gasteiger charge is 2.23. The van der Waals surface area contributed by atoms with Crippen molar-refractivity contribution in [3.63, 3.8) is 0 Å². The Hall–Kier alpha value is -2.44. The van der Waals surface area contributed by atoms with Crippen LogP contribution < -0.4 is 11.1 Å². The quantitative estimate of drug-likeness (QED) is 0.899. The average molecular weight is 289 g/mol. The molecule has 0 spiro atoms. The molecule has 0 bridgehead atoms. The van der Waals surface area contributed by atoms with Gasteiger partial charge in [0.2, 0.25) is 0 Å². The van der Waals surface area contributed by atoms with Gasteiger partial charge in [-0.2, -0.15) is 4.68 Å². The number of carbonyl (C=O) groups is 1. The molecule has 7 heteroatoms. The largest absolute Gasteiger partial charge is 0.382 e. The molecule has 0 aliphatic heterocycles. The number of nitrogens with one attached hydrogen (secondary N) is 1. The Morgan fingerprint density at radius 1 is 1.33 bits per heavy atom. The van der Waals surface area contributed by atoms with E-state index in [1.807, 2.05) is 0 Å². The first-order valence-corrected chi connectivity index (χ1v) is 6.94. The number of amides is 1. The number of nitrogens with two attached hydrogens (primary N) is 1. The Kier molecular flexibility index (Phi) is 3.55. The average Bonchev–Trinajstić information content (AvgIpc) is 3.09. The Bertz CT molecular complexity index is 663. The minimum atomic E-state index is -0.475. The molecule has 6 nitrogen and oxygen atoms in total. The van der Waals surface area contributed by atoms with E-state index in [0.29, 0.717) is 0 Å². The van der Waals surface area contributed by atoms with E-state index in [2.05, 4.69) is 15.6 Å². The number of nitrogens with zero attached hydrogens (tertiary/aromatic N) is 3. The van der Waals surface area contributed by atoms with Crippen LogP contribution in [-0.2, 0) is 0 Å². The summed E-state index contributed by atoms with van der Waals surface area (Å²) in [5.41, 5.74) is 6.09. The molecule has 21 heavy (non-hydrogen) atoms. The van der Waals surface area contributed by atoms with Crippen molar-refractivity contribution in [3.05, 3.63) is 35.8 Å². The summed E-state index contributed by atoms with van der Waals surface area (Å²) >= 11 is 0. The summed E-state index contributed by atoms with van der Waals surface area (Å²) in [5.74, 6) is -0.797. The molecule has 2 aromatic rings. The fourth-order valence-electron chi connectivity index (χ4n) is 2.58.